The zero-order valence-electron chi connectivity index (χ0n) is 11.4. The molecule has 0 amide bonds. The summed E-state index contributed by atoms with van der Waals surface area (Å²) in [4.78, 5) is 15.3. The molecule has 1 unspecified atom stereocenters. The summed E-state index contributed by atoms with van der Waals surface area (Å²) in [6.07, 6.45) is 7.29. The summed E-state index contributed by atoms with van der Waals surface area (Å²) >= 11 is 3.48. The topological polar surface area (TPSA) is 60.0 Å². The maximum absolute atomic E-state index is 11.3. The number of benzene rings is 1. The molecule has 0 aliphatic heterocycles. The molecule has 2 heterocycles. The Kier molecular flexibility index (Phi) is 3.55. The lowest BCUT2D eigenvalue weighted by atomic mass is 10.2. The Labute approximate surface area is 130 Å². The molecule has 0 aliphatic carbocycles. The Morgan fingerprint density at radius 2 is 2.29 bits per heavy atom. The van der Waals surface area contributed by atoms with Gasteiger partial charge in [0.15, 0.2) is 0 Å². The average molecular weight is 348 g/mol. The number of aliphatic carboxylic acids is 1. The van der Waals surface area contributed by atoms with Gasteiger partial charge in [-0.15, -0.1) is 0 Å². The van der Waals surface area contributed by atoms with Crippen LogP contribution >= 0.6 is 15.9 Å². The number of nitrogens with zero attached hydrogens (tertiary/aromatic N) is 3. The standard InChI is InChI=1S/C15H14BrN3O2/c1-10(15(20)21)19-8-11(7-18-5-4-17-9-18)13-6-12(16)2-3-14(13)19/h2-6,8-10H,7H2,1H3,(H,20,21). The molecule has 21 heavy (non-hydrogen) atoms. The fourth-order valence-corrected chi connectivity index (χ4v) is 2.80. The number of carboxylic acid groups (broad SMARTS) is 1. The van der Waals surface area contributed by atoms with Gasteiger partial charge < -0.3 is 14.2 Å². The molecule has 6 heteroatoms. The fraction of sp³-hybridized carbons (Fsp3) is 0.200. The Morgan fingerprint density at radius 1 is 1.48 bits per heavy atom. The summed E-state index contributed by atoms with van der Waals surface area (Å²) in [5, 5.41) is 10.3. The second-order valence-corrected chi connectivity index (χ2v) is 5.89. The predicted octanol–water partition coefficient (Wildman–Crippen LogP) is 3.29. The third kappa shape index (κ3) is 2.58. The fourth-order valence-electron chi connectivity index (χ4n) is 2.44. The lowest BCUT2D eigenvalue weighted by molar-refractivity contribution is -0.140. The first-order valence-corrected chi connectivity index (χ1v) is 7.33. The van der Waals surface area contributed by atoms with Crippen molar-refractivity contribution in [2.45, 2.75) is 19.5 Å². The van der Waals surface area contributed by atoms with Crippen molar-refractivity contribution in [3.8, 4) is 0 Å². The van der Waals surface area contributed by atoms with Gasteiger partial charge in [-0.1, -0.05) is 15.9 Å². The average Bonchev–Trinajstić information content (AvgIpc) is 3.07. The van der Waals surface area contributed by atoms with E-state index < -0.39 is 12.0 Å². The molecule has 1 atom stereocenters. The van der Waals surface area contributed by atoms with Crippen molar-refractivity contribution in [3.05, 3.63) is 53.2 Å². The maximum Gasteiger partial charge on any atom is 0.326 e. The molecule has 2 aromatic heterocycles. The van der Waals surface area contributed by atoms with Gasteiger partial charge in [0.25, 0.3) is 0 Å². The summed E-state index contributed by atoms with van der Waals surface area (Å²) in [5.74, 6) is -0.844. The minimum Gasteiger partial charge on any atom is -0.480 e. The number of hydrogen-bond acceptors (Lipinski definition) is 2. The van der Waals surface area contributed by atoms with Gasteiger partial charge in [-0.3, -0.25) is 0 Å². The lowest BCUT2D eigenvalue weighted by Crippen LogP contribution is -2.14. The highest BCUT2D eigenvalue weighted by Crippen LogP contribution is 2.28. The van der Waals surface area contributed by atoms with E-state index in [1.165, 1.54) is 0 Å². The van der Waals surface area contributed by atoms with E-state index in [1.807, 2.05) is 35.2 Å². The lowest BCUT2D eigenvalue weighted by Gasteiger charge is -2.09. The van der Waals surface area contributed by atoms with Crippen molar-refractivity contribution in [1.82, 2.24) is 14.1 Å². The van der Waals surface area contributed by atoms with E-state index in [-0.39, 0.29) is 0 Å². The Bertz CT molecular complexity index is 793. The molecule has 3 aromatic rings. The molecule has 0 radical (unpaired) electrons. The van der Waals surface area contributed by atoms with Crippen LogP contribution in [0.15, 0.2) is 47.6 Å². The minimum absolute atomic E-state index is 0.606. The molecule has 0 spiro atoms. The first-order valence-electron chi connectivity index (χ1n) is 6.54. The van der Waals surface area contributed by atoms with E-state index in [1.54, 1.807) is 24.0 Å². The first-order chi connectivity index (χ1) is 10.1. The van der Waals surface area contributed by atoms with E-state index >= 15 is 0 Å². The first kappa shape index (κ1) is 13.9. The Balaban J connectivity index is 2.15. The second kappa shape index (κ2) is 5.37. The van der Waals surface area contributed by atoms with Crippen LogP contribution in [0, 0.1) is 0 Å². The molecule has 108 valence electrons. The number of rotatable bonds is 4. The molecule has 0 saturated carbocycles. The number of hydrogen-bond donors (Lipinski definition) is 1. The number of carbonyl (C=O) groups is 1. The number of halogens is 1. The van der Waals surface area contributed by atoms with Crippen molar-refractivity contribution >= 4 is 32.8 Å². The van der Waals surface area contributed by atoms with Crippen molar-refractivity contribution in [3.63, 3.8) is 0 Å². The molecule has 1 N–H and O–H groups in total. The smallest absolute Gasteiger partial charge is 0.326 e. The largest absolute Gasteiger partial charge is 0.480 e. The monoisotopic (exact) mass is 347 g/mol. The number of aromatic nitrogens is 3. The van der Waals surface area contributed by atoms with E-state index in [0.29, 0.717) is 6.54 Å². The summed E-state index contributed by atoms with van der Waals surface area (Å²) in [6.45, 7) is 2.34. The van der Waals surface area contributed by atoms with Crippen LogP contribution in [0.25, 0.3) is 10.9 Å². The summed E-state index contributed by atoms with van der Waals surface area (Å²) in [7, 11) is 0. The van der Waals surface area contributed by atoms with Crippen molar-refractivity contribution in [1.29, 1.82) is 0 Å². The second-order valence-electron chi connectivity index (χ2n) is 4.97. The van der Waals surface area contributed by atoms with Gasteiger partial charge in [0.05, 0.1) is 12.9 Å². The summed E-state index contributed by atoms with van der Waals surface area (Å²) in [6, 6.07) is 5.28. The van der Waals surface area contributed by atoms with Crippen LogP contribution in [0.4, 0.5) is 0 Å². The Morgan fingerprint density at radius 3 is 2.95 bits per heavy atom. The third-order valence-electron chi connectivity index (χ3n) is 3.56. The van der Waals surface area contributed by atoms with Crippen molar-refractivity contribution in [2.75, 3.05) is 0 Å². The molecule has 1 aromatic carbocycles. The van der Waals surface area contributed by atoms with Gasteiger partial charge in [0.2, 0.25) is 0 Å². The zero-order chi connectivity index (χ0) is 15.0. The van der Waals surface area contributed by atoms with Crippen LogP contribution in [0.3, 0.4) is 0 Å². The van der Waals surface area contributed by atoms with Gasteiger partial charge >= 0.3 is 5.97 Å². The highest BCUT2D eigenvalue weighted by atomic mass is 79.9. The van der Waals surface area contributed by atoms with E-state index in [9.17, 15) is 9.90 Å². The number of fused-ring (bicyclic) bond motifs is 1. The normalized spacial score (nSPS) is 12.7. The minimum atomic E-state index is -0.844. The van der Waals surface area contributed by atoms with Crippen molar-refractivity contribution < 1.29 is 9.90 Å². The van der Waals surface area contributed by atoms with E-state index in [0.717, 1.165) is 20.9 Å². The third-order valence-corrected chi connectivity index (χ3v) is 4.06. The van der Waals surface area contributed by atoms with E-state index in [4.69, 9.17) is 0 Å². The molecule has 3 rings (SSSR count). The van der Waals surface area contributed by atoms with Gasteiger partial charge in [-0.25, -0.2) is 9.78 Å². The molecular formula is C15H14BrN3O2. The van der Waals surface area contributed by atoms with Crippen molar-refractivity contribution in [2.24, 2.45) is 0 Å². The van der Waals surface area contributed by atoms with Crippen LogP contribution in [0.1, 0.15) is 18.5 Å². The quantitative estimate of drug-likeness (QED) is 0.787. The van der Waals surface area contributed by atoms with Crippen LogP contribution in [-0.4, -0.2) is 25.2 Å². The molecule has 5 nitrogen and oxygen atoms in total. The van der Waals surface area contributed by atoms with Crippen LogP contribution in [-0.2, 0) is 11.3 Å². The number of imidazole rings is 1. The number of carboxylic acids is 1. The molecule has 0 fully saturated rings. The zero-order valence-corrected chi connectivity index (χ0v) is 13.0. The van der Waals surface area contributed by atoms with Crippen LogP contribution in [0.2, 0.25) is 0 Å². The Hall–Kier alpha value is -2.08. The molecule has 0 saturated heterocycles. The SMILES string of the molecule is CC(C(=O)O)n1cc(Cn2ccnc2)c2cc(Br)ccc21. The molecule has 0 bridgehead atoms. The highest BCUT2D eigenvalue weighted by Gasteiger charge is 2.18. The van der Waals surface area contributed by atoms with E-state index in [2.05, 4.69) is 20.9 Å². The van der Waals surface area contributed by atoms with Gasteiger partial charge in [0, 0.05) is 34.0 Å². The predicted molar refractivity (Wildman–Crippen MR) is 83.3 cm³/mol. The highest BCUT2D eigenvalue weighted by molar-refractivity contribution is 9.10. The summed E-state index contributed by atoms with van der Waals surface area (Å²) < 4.78 is 4.74. The van der Waals surface area contributed by atoms with Gasteiger partial charge in [0.1, 0.15) is 6.04 Å². The molecular weight excluding hydrogens is 334 g/mol. The van der Waals surface area contributed by atoms with Gasteiger partial charge in [-0.05, 0) is 30.7 Å². The van der Waals surface area contributed by atoms with Gasteiger partial charge in [-0.2, -0.15) is 0 Å². The maximum atomic E-state index is 11.3. The van der Waals surface area contributed by atoms with Crippen LogP contribution in [0.5, 0.6) is 0 Å². The van der Waals surface area contributed by atoms with Crippen LogP contribution < -0.4 is 0 Å². The molecule has 0 aliphatic rings. The summed E-state index contributed by atoms with van der Waals surface area (Å²) in [5.41, 5.74) is 1.99.